The van der Waals surface area contributed by atoms with E-state index in [1.165, 1.54) is 0 Å². The molecule has 7 heteroatoms. The average Bonchev–Trinajstić information content (AvgIpc) is 3.23. The minimum Gasteiger partial charge on any atom is -0.497 e. The number of benzene rings is 2. The molecule has 2 N–H and O–H groups in total. The number of carbonyl (C=O) groups excluding carboxylic acids is 2. The molecule has 29 heavy (non-hydrogen) atoms. The molecule has 1 fully saturated rings. The van der Waals surface area contributed by atoms with Crippen molar-refractivity contribution in [2.45, 2.75) is 25.3 Å². The summed E-state index contributed by atoms with van der Waals surface area (Å²) in [5.74, 6) is 1.49. The van der Waals surface area contributed by atoms with Crippen molar-refractivity contribution in [2.24, 2.45) is 0 Å². The van der Waals surface area contributed by atoms with Crippen molar-refractivity contribution in [2.75, 3.05) is 32.6 Å². The van der Waals surface area contributed by atoms with E-state index in [0.717, 1.165) is 29.9 Å². The van der Waals surface area contributed by atoms with Crippen molar-refractivity contribution >= 4 is 17.6 Å². The SMILES string of the molecule is COc1ccc(OC)c([C@@H]2CCCN2C(=O)CCNC(=O)Nc2ccccc2)c1. The smallest absolute Gasteiger partial charge is 0.319 e. The van der Waals surface area contributed by atoms with Crippen molar-refractivity contribution in [1.82, 2.24) is 10.2 Å². The number of nitrogens with zero attached hydrogens (tertiary/aromatic N) is 1. The molecule has 3 rings (SSSR count). The Morgan fingerprint density at radius 2 is 1.90 bits per heavy atom. The number of para-hydroxylation sites is 1. The second-order valence-electron chi connectivity index (χ2n) is 6.85. The first kappa shape index (κ1) is 20.5. The number of urea groups is 1. The van der Waals surface area contributed by atoms with Gasteiger partial charge in [-0.3, -0.25) is 4.79 Å². The molecule has 0 aromatic heterocycles. The Bertz CT molecular complexity index is 841. The van der Waals surface area contributed by atoms with Crippen LogP contribution in [0.2, 0.25) is 0 Å². The Balaban J connectivity index is 1.57. The molecule has 3 amide bonds. The normalized spacial score (nSPS) is 15.7. The molecule has 2 aromatic rings. The Kier molecular flexibility index (Phi) is 6.94. The fourth-order valence-electron chi connectivity index (χ4n) is 3.61. The number of hydrogen-bond donors (Lipinski definition) is 2. The van der Waals surface area contributed by atoms with E-state index in [1.54, 1.807) is 26.4 Å². The summed E-state index contributed by atoms with van der Waals surface area (Å²) in [4.78, 5) is 26.7. The fraction of sp³-hybridized carbons (Fsp3) is 0.364. The minimum atomic E-state index is -0.323. The topological polar surface area (TPSA) is 79.9 Å². The molecule has 0 radical (unpaired) electrons. The van der Waals surface area contributed by atoms with Crippen LogP contribution in [0.1, 0.15) is 30.9 Å². The molecule has 154 valence electrons. The third kappa shape index (κ3) is 5.19. The molecule has 0 unspecified atom stereocenters. The van der Waals surface area contributed by atoms with Crippen LogP contribution in [-0.2, 0) is 4.79 Å². The summed E-state index contributed by atoms with van der Waals surface area (Å²) < 4.78 is 10.8. The molecule has 7 nitrogen and oxygen atoms in total. The highest BCUT2D eigenvalue weighted by Crippen LogP contribution is 2.39. The summed E-state index contributed by atoms with van der Waals surface area (Å²) in [7, 11) is 3.25. The molecule has 2 aromatic carbocycles. The van der Waals surface area contributed by atoms with Gasteiger partial charge in [-0.05, 0) is 43.2 Å². The number of carbonyl (C=O) groups is 2. The molecule has 0 bridgehead atoms. The Labute approximate surface area is 171 Å². The van der Waals surface area contributed by atoms with Crippen LogP contribution in [0.15, 0.2) is 48.5 Å². The van der Waals surface area contributed by atoms with Crippen LogP contribution in [0.5, 0.6) is 11.5 Å². The van der Waals surface area contributed by atoms with Gasteiger partial charge in [-0.1, -0.05) is 18.2 Å². The maximum atomic E-state index is 12.8. The highest BCUT2D eigenvalue weighted by atomic mass is 16.5. The molecular formula is C22H27N3O4. The summed E-state index contributed by atoms with van der Waals surface area (Å²) in [5, 5.41) is 5.48. The quantitative estimate of drug-likeness (QED) is 0.748. The van der Waals surface area contributed by atoms with Gasteiger partial charge in [0.1, 0.15) is 11.5 Å². The first-order valence-electron chi connectivity index (χ1n) is 9.73. The molecule has 1 aliphatic rings. The van der Waals surface area contributed by atoms with Gasteiger partial charge in [-0.25, -0.2) is 4.79 Å². The summed E-state index contributed by atoms with van der Waals surface area (Å²) >= 11 is 0. The third-order valence-corrected chi connectivity index (χ3v) is 5.03. The van der Waals surface area contributed by atoms with E-state index in [0.29, 0.717) is 12.2 Å². The van der Waals surface area contributed by atoms with Crippen molar-refractivity contribution < 1.29 is 19.1 Å². The average molecular weight is 397 g/mol. The number of anilines is 1. The van der Waals surface area contributed by atoms with Gasteiger partial charge in [0.05, 0.1) is 20.3 Å². The Morgan fingerprint density at radius 3 is 2.62 bits per heavy atom. The van der Waals surface area contributed by atoms with E-state index in [4.69, 9.17) is 9.47 Å². The lowest BCUT2D eigenvalue weighted by atomic mass is 10.0. The number of likely N-dealkylation sites (tertiary alicyclic amines) is 1. The van der Waals surface area contributed by atoms with Gasteiger partial charge in [0.2, 0.25) is 5.91 Å². The van der Waals surface area contributed by atoms with Crippen LogP contribution in [0.3, 0.4) is 0 Å². The maximum absolute atomic E-state index is 12.8. The van der Waals surface area contributed by atoms with Gasteiger partial charge >= 0.3 is 6.03 Å². The molecule has 0 aliphatic carbocycles. The maximum Gasteiger partial charge on any atom is 0.319 e. The zero-order valence-corrected chi connectivity index (χ0v) is 16.8. The van der Waals surface area contributed by atoms with Gasteiger partial charge < -0.3 is 25.0 Å². The van der Waals surface area contributed by atoms with Crippen LogP contribution in [-0.4, -0.2) is 44.1 Å². The van der Waals surface area contributed by atoms with E-state index >= 15 is 0 Å². The van der Waals surface area contributed by atoms with Gasteiger partial charge in [0.25, 0.3) is 0 Å². The van der Waals surface area contributed by atoms with Crippen LogP contribution in [0.4, 0.5) is 10.5 Å². The first-order valence-corrected chi connectivity index (χ1v) is 9.73. The largest absolute Gasteiger partial charge is 0.497 e. The minimum absolute atomic E-state index is 0.0115. The van der Waals surface area contributed by atoms with E-state index in [1.807, 2.05) is 41.3 Å². The lowest BCUT2D eigenvalue weighted by Gasteiger charge is -2.27. The molecule has 1 aliphatic heterocycles. The highest BCUT2D eigenvalue weighted by Gasteiger charge is 2.31. The standard InChI is InChI=1S/C22H27N3O4/c1-28-17-10-11-20(29-2)18(15-17)19-9-6-14-25(19)21(26)12-13-23-22(27)24-16-7-4-3-5-8-16/h3-5,7-8,10-11,15,19H,6,9,12-14H2,1-2H3,(H2,23,24,27)/t19-/m0/s1. The van der Waals surface area contributed by atoms with E-state index in [-0.39, 0.29) is 30.9 Å². The monoisotopic (exact) mass is 397 g/mol. The van der Waals surface area contributed by atoms with Crippen LogP contribution >= 0.6 is 0 Å². The number of amides is 3. The van der Waals surface area contributed by atoms with Crippen LogP contribution in [0.25, 0.3) is 0 Å². The van der Waals surface area contributed by atoms with Gasteiger partial charge in [-0.15, -0.1) is 0 Å². The van der Waals surface area contributed by atoms with E-state index in [2.05, 4.69) is 10.6 Å². The van der Waals surface area contributed by atoms with E-state index in [9.17, 15) is 9.59 Å². The Morgan fingerprint density at radius 1 is 1.10 bits per heavy atom. The number of hydrogen-bond acceptors (Lipinski definition) is 4. The van der Waals surface area contributed by atoms with Crippen molar-refractivity contribution in [3.05, 3.63) is 54.1 Å². The number of nitrogens with one attached hydrogen (secondary N) is 2. The van der Waals surface area contributed by atoms with Crippen molar-refractivity contribution in [1.29, 1.82) is 0 Å². The number of ether oxygens (including phenoxy) is 2. The molecule has 1 saturated heterocycles. The fourth-order valence-corrected chi connectivity index (χ4v) is 3.61. The first-order chi connectivity index (χ1) is 14.1. The second-order valence-corrected chi connectivity index (χ2v) is 6.85. The van der Waals surface area contributed by atoms with Crippen LogP contribution in [0, 0.1) is 0 Å². The lowest BCUT2D eigenvalue weighted by molar-refractivity contribution is -0.132. The molecule has 0 saturated carbocycles. The third-order valence-electron chi connectivity index (χ3n) is 5.03. The molecular weight excluding hydrogens is 370 g/mol. The van der Waals surface area contributed by atoms with Gasteiger partial charge in [-0.2, -0.15) is 0 Å². The van der Waals surface area contributed by atoms with Gasteiger partial charge in [0, 0.05) is 30.8 Å². The summed E-state index contributed by atoms with van der Waals surface area (Å²) in [6.07, 6.45) is 2.04. The summed E-state index contributed by atoms with van der Waals surface area (Å²) in [5.41, 5.74) is 1.66. The van der Waals surface area contributed by atoms with Crippen molar-refractivity contribution in [3.8, 4) is 11.5 Å². The molecule has 0 spiro atoms. The summed E-state index contributed by atoms with van der Waals surface area (Å²) in [6.45, 7) is 0.968. The second kappa shape index (κ2) is 9.82. The van der Waals surface area contributed by atoms with Gasteiger partial charge in [0.15, 0.2) is 0 Å². The highest BCUT2D eigenvalue weighted by molar-refractivity contribution is 5.89. The predicted octanol–water partition coefficient (Wildman–Crippen LogP) is 3.58. The van der Waals surface area contributed by atoms with Crippen LogP contribution < -0.4 is 20.1 Å². The number of methoxy groups -OCH3 is 2. The Hall–Kier alpha value is -3.22. The molecule has 1 heterocycles. The molecule has 1 atom stereocenters. The van der Waals surface area contributed by atoms with E-state index < -0.39 is 0 Å². The zero-order valence-electron chi connectivity index (χ0n) is 16.8. The lowest BCUT2D eigenvalue weighted by Crippen LogP contribution is -2.35. The number of rotatable bonds is 7. The zero-order chi connectivity index (χ0) is 20.6. The predicted molar refractivity (Wildman–Crippen MR) is 111 cm³/mol. The summed E-state index contributed by atoms with van der Waals surface area (Å²) in [6, 6.07) is 14.5. The van der Waals surface area contributed by atoms with Crippen molar-refractivity contribution in [3.63, 3.8) is 0 Å².